The molecule has 1 saturated carbocycles. The van der Waals surface area contributed by atoms with Crippen LogP contribution in [-0.4, -0.2) is 5.43 Å². The normalized spacial score (nSPS) is 27.1. The van der Waals surface area contributed by atoms with Crippen LogP contribution in [0.3, 0.4) is 0 Å². The molecule has 0 radical (unpaired) electrons. The first-order valence-corrected chi connectivity index (χ1v) is 27.0. The van der Waals surface area contributed by atoms with Crippen LogP contribution in [0.5, 0.6) is 0 Å². The summed E-state index contributed by atoms with van der Waals surface area (Å²) in [7, 11) is 0. The molecule has 0 N–H and O–H groups in total. The van der Waals surface area contributed by atoms with Gasteiger partial charge < -0.3 is 24.8 Å². The maximum absolute atomic E-state index is 2.87. The molecule has 3 aromatic rings. The second-order valence-electron chi connectivity index (χ2n) is 18.1. The largest absolute Gasteiger partial charge is 1.00 e. The third kappa shape index (κ3) is 5.20. The summed E-state index contributed by atoms with van der Waals surface area (Å²) in [5.74, 6) is 0.519. The van der Waals surface area contributed by atoms with E-state index in [1.807, 2.05) is 5.57 Å². The van der Waals surface area contributed by atoms with E-state index in [1.165, 1.54) is 35.1 Å². The van der Waals surface area contributed by atoms with Gasteiger partial charge in [-0.2, -0.15) is 0 Å². The van der Waals surface area contributed by atoms with E-state index in [-0.39, 0.29) is 49.6 Å². The molecular weight excluding hydrogens is 767 g/mol. The Kier molecular flexibility index (Phi) is 10.4. The number of aryl methyl sites for hydroxylation is 2. The molecule has 0 bridgehead atoms. The van der Waals surface area contributed by atoms with Crippen molar-refractivity contribution in [3.05, 3.63) is 148 Å². The van der Waals surface area contributed by atoms with Gasteiger partial charge in [0.1, 0.15) is 0 Å². The smallest absolute Gasteiger partial charge is 1.00 e. The van der Waals surface area contributed by atoms with Crippen molar-refractivity contribution in [1.29, 1.82) is 0 Å². The Morgan fingerprint density at radius 3 is 1.81 bits per heavy atom. The van der Waals surface area contributed by atoms with Crippen LogP contribution in [0.2, 0.25) is 6.75 Å². The Morgan fingerprint density at radius 2 is 1.23 bits per heavy atom. The van der Waals surface area contributed by atoms with Crippen molar-refractivity contribution in [1.82, 2.24) is 0 Å². The van der Waals surface area contributed by atoms with E-state index in [0.717, 1.165) is 6.42 Å². The number of hydrogen-bond acceptors (Lipinski definition) is 0. The van der Waals surface area contributed by atoms with Crippen molar-refractivity contribution >= 4 is 21.4 Å². The molecule has 4 heteroatoms. The maximum atomic E-state index is 2.87. The van der Waals surface area contributed by atoms with Gasteiger partial charge in [0.05, 0.1) is 0 Å². The number of fused-ring (bicyclic) bond motifs is 6. The van der Waals surface area contributed by atoms with Gasteiger partial charge >= 0.3 is 313 Å². The average Bonchev–Trinajstić information content (AvgIpc) is 3.76. The van der Waals surface area contributed by atoms with Crippen molar-refractivity contribution in [3.63, 3.8) is 0 Å². The van der Waals surface area contributed by atoms with E-state index in [4.69, 9.17) is 0 Å². The fraction of sp³-hybridized carbons (Fsp3) is 0.417. The number of rotatable bonds is 4. The second-order valence-corrected chi connectivity index (χ2v) is 33.0. The number of hydrogen-bond donors (Lipinski definition) is 0. The average molecular weight is 823 g/mol. The summed E-state index contributed by atoms with van der Waals surface area (Å²) in [5.41, 5.74) is 11.7. The van der Waals surface area contributed by atoms with Crippen LogP contribution >= 0.6 is 0 Å². The Morgan fingerprint density at radius 1 is 0.673 bits per heavy atom. The molecule has 1 fully saturated rings. The maximum Gasteiger partial charge on any atom is -1.00 e. The second kappa shape index (κ2) is 13.7. The molecule has 5 aliphatic carbocycles. The predicted molar refractivity (Wildman–Crippen MR) is 213 cm³/mol. The summed E-state index contributed by atoms with van der Waals surface area (Å²) in [6, 6.07) is 29.2. The van der Waals surface area contributed by atoms with Gasteiger partial charge in [-0.1, -0.05) is 0 Å². The molecule has 270 valence electrons. The van der Waals surface area contributed by atoms with Gasteiger partial charge in [-0.15, -0.1) is 0 Å². The minimum atomic E-state index is -2.79. The van der Waals surface area contributed by atoms with Crippen molar-refractivity contribution in [2.45, 2.75) is 95.2 Å². The van der Waals surface area contributed by atoms with Gasteiger partial charge in [-0.05, 0) is 0 Å². The summed E-state index contributed by atoms with van der Waals surface area (Å²) in [4.78, 5) is 0. The van der Waals surface area contributed by atoms with Crippen LogP contribution in [0.15, 0.2) is 126 Å². The SMILES string of the molecule is Cc1ccc([Si](c2ccc(C)cc2)=[Zr+2]([CH]2C=CC=C2)[C]2(C)C3=C4Cc5ccccc5C4=C4C=CCCC4C3(C)C(C)(C)C(C)(C)C2(C)C)cc1.[Cl-].[Cl-]. The quantitative estimate of drug-likeness (QED) is 0.305. The van der Waals surface area contributed by atoms with Crippen LogP contribution in [0.4, 0.5) is 0 Å². The number of halogens is 2. The Labute approximate surface area is 335 Å². The third-order valence-corrected chi connectivity index (χ3v) is 38.7. The first-order chi connectivity index (χ1) is 23.7. The van der Waals surface area contributed by atoms with Crippen molar-refractivity contribution in [2.75, 3.05) is 0 Å². The third-order valence-electron chi connectivity index (χ3n) is 15.8. The Balaban J connectivity index is 0.00000232. The Hall–Kier alpha value is -1.96. The van der Waals surface area contributed by atoms with E-state index in [0.29, 0.717) is 9.54 Å². The summed E-state index contributed by atoms with van der Waals surface area (Å²) in [5, 5.41) is 3.25. The number of allylic oxidation sites excluding steroid dienone is 10. The molecule has 0 amide bonds. The fourth-order valence-electron chi connectivity index (χ4n) is 11.7. The van der Waals surface area contributed by atoms with Crippen LogP contribution in [0, 0.1) is 41.4 Å². The Bertz CT molecular complexity index is 2040. The molecule has 3 atom stereocenters. The zero-order chi connectivity index (χ0) is 35.4. The minimum absolute atomic E-state index is 0. The van der Waals surface area contributed by atoms with Crippen molar-refractivity contribution in [2.24, 2.45) is 27.6 Å². The van der Waals surface area contributed by atoms with E-state index < -0.39 is 25.8 Å². The van der Waals surface area contributed by atoms with Crippen molar-refractivity contribution < 1.29 is 45.2 Å². The van der Waals surface area contributed by atoms with E-state index in [2.05, 4.69) is 178 Å². The van der Waals surface area contributed by atoms with E-state index in [9.17, 15) is 0 Å². The van der Waals surface area contributed by atoms with Crippen LogP contribution < -0.4 is 35.2 Å². The molecule has 5 aliphatic rings. The molecular formula is C48H56Cl2SiZr. The monoisotopic (exact) mass is 820 g/mol. The molecule has 3 unspecified atom stereocenters. The summed E-state index contributed by atoms with van der Waals surface area (Å²) >= 11 is -2.79. The molecule has 0 spiro atoms. The van der Waals surface area contributed by atoms with Crippen LogP contribution in [0.25, 0.3) is 5.57 Å². The van der Waals surface area contributed by atoms with Crippen molar-refractivity contribution in [3.8, 4) is 0 Å². The molecule has 52 heavy (non-hydrogen) atoms. The molecule has 0 heterocycles. The van der Waals surface area contributed by atoms with E-state index >= 15 is 0 Å². The van der Waals surface area contributed by atoms with Gasteiger partial charge in [0.25, 0.3) is 0 Å². The first-order valence-electron chi connectivity index (χ1n) is 19.1. The summed E-state index contributed by atoms with van der Waals surface area (Å²) < 4.78 is 0.628. The van der Waals surface area contributed by atoms with Gasteiger partial charge in [-0.25, -0.2) is 0 Å². The first kappa shape index (κ1) is 39.7. The predicted octanol–water partition coefficient (Wildman–Crippen LogP) is 5.51. The standard InChI is InChI=1S/C29H37.C14H14Si.C5H5.2ClH.Zr/c1-18-25-22-17-19-13-9-10-14-20(19)24(22)21-15-11-12-16-23(21)29(25,8)28(6,7)27(4,5)26(18,2)3;1-11-3-7-13(8-4-11)15-14-9-5-12(2)6-10-14;1-2-4-5-3-1;;;/h9-11,13-15,23H,12,16-17H2,1-8H3;3-10H,1-2H3;1-5H;2*1H;/q;;;;;+2/p-2. The molecule has 8 rings (SSSR count). The van der Waals surface area contributed by atoms with E-state index in [1.54, 1.807) is 27.1 Å². The van der Waals surface area contributed by atoms with Gasteiger partial charge in [0, 0.05) is 0 Å². The zero-order valence-corrected chi connectivity index (χ0v) is 37.9. The molecule has 0 nitrogen and oxygen atoms in total. The fourth-order valence-corrected chi connectivity index (χ4v) is 38.6. The van der Waals surface area contributed by atoms with Gasteiger partial charge in [0.15, 0.2) is 0 Å². The van der Waals surface area contributed by atoms with Crippen LogP contribution in [-0.2, 0) is 26.8 Å². The topological polar surface area (TPSA) is 0 Å². The molecule has 0 saturated heterocycles. The molecule has 0 aromatic heterocycles. The van der Waals surface area contributed by atoms with Gasteiger partial charge in [-0.3, -0.25) is 0 Å². The van der Waals surface area contributed by atoms with Gasteiger partial charge in [0.2, 0.25) is 0 Å². The summed E-state index contributed by atoms with van der Waals surface area (Å²) in [6.07, 6.45) is 18.6. The van der Waals surface area contributed by atoms with Crippen LogP contribution in [0.1, 0.15) is 90.5 Å². The molecule has 3 aromatic carbocycles. The minimum Gasteiger partial charge on any atom is -1.00 e. The molecule has 0 aliphatic heterocycles. The summed E-state index contributed by atoms with van der Waals surface area (Å²) in [6.45, 7) is 26.4. The zero-order valence-electron chi connectivity index (χ0n) is 32.9. The number of benzene rings is 3.